The smallest absolute Gasteiger partial charge is 0.317 e. The van der Waals surface area contributed by atoms with E-state index in [9.17, 15) is 9.59 Å². The summed E-state index contributed by atoms with van der Waals surface area (Å²) in [6.45, 7) is -0.201. The molecule has 2 N–H and O–H groups in total. The third-order valence-corrected chi connectivity index (χ3v) is 4.12. The maximum absolute atomic E-state index is 11.0. The summed E-state index contributed by atoms with van der Waals surface area (Å²) in [6, 6.07) is 16.0. The number of hydrogen-bond acceptors (Lipinski definition) is 3. The van der Waals surface area contributed by atoms with E-state index in [-0.39, 0.29) is 19.0 Å². The fourth-order valence-electron chi connectivity index (χ4n) is 3.28. The summed E-state index contributed by atoms with van der Waals surface area (Å²) >= 11 is 0. The summed E-state index contributed by atoms with van der Waals surface area (Å²) in [5, 5.41) is 18.1. The van der Waals surface area contributed by atoms with Gasteiger partial charge in [-0.2, -0.15) is 0 Å². The van der Waals surface area contributed by atoms with Crippen LogP contribution in [0.25, 0.3) is 11.1 Å². The van der Waals surface area contributed by atoms with Crippen molar-refractivity contribution < 1.29 is 19.8 Å². The van der Waals surface area contributed by atoms with Crippen LogP contribution in [-0.4, -0.2) is 46.7 Å². The third-order valence-electron chi connectivity index (χ3n) is 4.12. The standard InChI is InChI=1S/C18H17NO4/c20-17(21)10-19(11-18(22)23)9-16-14-7-3-1-5-12(14)13-6-2-4-8-15(13)16/h1-8,16H,9-11H2,(H,20,21)(H,22,23). The Kier molecular flexibility index (Phi) is 4.12. The fraction of sp³-hybridized carbons (Fsp3) is 0.222. The molecule has 118 valence electrons. The first kappa shape index (κ1) is 15.2. The number of carboxylic acids is 2. The maximum Gasteiger partial charge on any atom is 0.317 e. The molecule has 0 atom stereocenters. The van der Waals surface area contributed by atoms with Crippen molar-refractivity contribution in [3.63, 3.8) is 0 Å². The molecule has 0 unspecified atom stereocenters. The first-order valence-corrected chi connectivity index (χ1v) is 7.40. The zero-order valence-electron chi connectivity index (χ0n) is 12.5. The first-order chi connectivity index (χ1) is 11.1. The van der Waals surface area contributed by atoms with Gasteiger partial charge in [-0.1, -0.05) is 48.5 Å². The molecular formula is C18H17NO4. The monoisotopic (exact) mass is 311 g/mol. The Labute approximate surface area is 133 Å². The van der Waals surface area contributed by atoms with E-state index in [2.05, 4.69) is 0 Å². The molecule has 0 saturated carbocycles. The molecule has 2 aromatic carbocycles. The summed E-state index contributed by atoms with van der Waals surface area (Å²) in [5.41, 5.74) is 4.52. The number of aliphatic carboxylic acids is 2. The highest BCUT2D eigenvalue weighted by Gasteiger charge is 2.30. The van der Waals surface area contributed by atoms with Gasteiger partial charge in [0.15, 0.2) is 0 Å². The molecule has 0 radical (unpaired) electrons. The average molecular weight is 311 g/mol. The zero-order valence-corrected chi connectivity index (χ0v) is 12.5. The Morgan fingerprint density at radius 3 is 1.70 bits per heavy atom. The molecule has 5 nitrogen and oxygen atoms in total. The zero-order chi connectivity index (χ0) is 16.4. The van der Waals surface area contributed by atoms with Crippen LogP contribution in [0.1, 0.15) is 17.0 Å². The number of carbonyl (C=O) groups is 2. The van der Waals surface area contributed by atoms with Crippen LogP contribution >= 0.6 is 0 Å². The second kappa shape index (κ2) is 6.22. The van der Waals surface area contributed by atoms with Crippen LogP contribution in [0.15, 0.2) is 48.5 Å². The molecule has 0 heterocycles. The predicted molar refractivity (Wildman–Crippen MR) is 85.4 cm³/mol. The molecule has 1 aliphatic rings. The van der Waals surface area contributed by atoms with Crippen molar-refractivity contribution in [3.8, 4) is 11.1 Å². The summed E-state index contributed by atoms with van der Waals surface area (Å²) in [5.74, 6) is -2.06. The van der Waals surface area contributed by atoms with Crippen LogP contribution in [0, 0.1) is 0 Å². The minimum Gasteiger partial charge on any atom is -0.480 e. The summed E-state index contributed by atoms with van der Waals surface area (Å²) < 4.78 is 0. The molecule has 0 aliphatic heterocycles. The molecule has 5 heteroatoms. The van der Waals surface area contributed by atoms with Gasteiger partial charge in [0.2, 0.25) is 0 Å². The van der Waals surface area contributed by atoms with Gasteiger partial charge in [-0.25, -0.2) is 0 Å². The Balaban J connectivity index is 1.95. The molecule has 23 heavy (non-hydrogen) atoms. The van der Waals surface area contributed by atoms with E-state index >= 15 is 0 Å². The van der Waals surface area contributed by atoms with Crippen LogP contribution in [0.4, 0.5) is 0 Å². The lowest BCUT2D eigenvalue weighted by Gasteiger charge is -2.23. The molecule has 0 spiro atoms. The Hall–Kier alpha value is -2.66. The minimum absolute atomic E-state index is 0.0129. The highest BCUT2D eigenvalue weighted by Crippen LogP contribution is 2.44. The molecule has 0 amide bonds. The normalized spacial score (nSPS) is 12.9. The van der Waals surface area contributed by atoms with Crippen molar-refractivity contribution in [3.05, 3.63) is 59.7 Å². The van der Waals surface area contributed by atoms with Crippen LogP contribution in [0.2, 0.25) is 0 Å². The Bertz CT molecular complexity index is 695. The van der Waals surface area contributed by atoms with Gasteiger partial charge in [0, 0.05) is 12.5 Å². The number of nitrogens with zero attached hydrogens (tertiary/aromatic N) is 1. The molecule has 1 aliphatic carbocycles. The van der Waals surface area contributed by atoms with Gasteiger partial charge < -0.3 is 10.2 Å². The number of rotatable bonds is 6. The van der Waals surface area contributed by atoms with Gasteiger partial charge in [0.25, 0.3) is 0 Å². The molecule has 2 aromatic rings. The quantitative estimate of drug-likeness (QED) is 0.855. The highest BCUT2D eigenvalue weighted by molar-refractivity contribution is 5.79. The van der Waals surface area contributed by atoms with Crippen LogP contribution in [-0.2, 0) is 9.59 Å². The summed E-state index contributed by atoms with van der Waals surface area (Å²) in [6.07, 6.45) is 0. The number of fused-ring (bicyclic) bond motifs is 3. The highest BCUT2D eigenvalue weighted by atomic mass is 16.4. The lowest BCUT2D eigenvalue weighted by Crippen LogP contribution is -2.37. The molecule has 0 fully saturated rings. The number of benzene rings is 2. The lowest BCUT2D eigenvalue weighted by atomic mass is 9.96. The van der Waals surface area contributed by atoms with E-state index in [0.717, 1.165) is 22.3 Å². The van der Waals surface area contributed by atoms with Crippen molar-refractivity contribution in [2.45, 2.75) is 5.92 Å². The van der Waals surface area contributed by atoms with E-state index < -0.39 is 11.9 Å². The van der Waals surface area contributed by atoms with Crippen molar-refractivity contribution in [2.75, 3.05) is 19.6 Å². The maximum atomic E-state index is 11.0. The topological polar surface area (TPSA) is 77.8 Å². The second-order valence-electron chi connectivity index (χ2n) is 5.68. The van der Waals surface area contributed by atoms with Crippen LogP contribution in [0.3, 0.4) is 0 Å². The van der Waals surface area contributed by atoms with Crippen LogP contribution < -0.4 is 0 Å². The predicted octanol–water partition coefficient (Wildman–Crippen LogP) is 2.27. The van der Waals surface area contributed by atoms with Crippen molar-refractivity contribution in [1.82, 2.24) is 4.90 Å². The summed E-state index contributed by atoms with van der Waals surface area (Å²) in [7, 11) is 0. The average Bonchev–Trinajstić information content (AvgIpc) is 2.81. The van der Waals surface area contributed by atoms with Gasteiger partial charge >= 0.3 is 11.9 Å². The van der Waals surface area contributed by atoms with Crippen molar-refractivity contribution in [1.29, 1.82) is 0 Å². The summed E-state index contributed by atoms with van der Waals surface area (Å²) in [4.78, 5) is 23.5. The Morgan fingerprint density at radius 2 is 1.26 bits per heavy atom. The second-order valence-corrected chi connectivity index (χ2v) is 5.68. The Morgan fingerprint density at radius 1 is 0.826 bits per heavy atom. The van der Waals surface area contributed by atoms with Gasteiger partial charge in [-0.3, -0.25) is 14.5 Å². The molecule has 0 saturated heterocycles. The van der Waals surface area contributed by atoms with Gasteiger partial charge in [-0.05, 0) is 22.3 Å². The van der Waals surface area contributed by atoms with E-state index in [1.54, 1.807) is 0 Å². The molecule has 3 rings (SSSR count). The largest absolute Gasteiger partial charge is 0.480 e. The number of carboxylic acid groups (broad SMARTS) is 2. The van der Waals surface area contributed by atoms with Gasteiger partial charge in [-0.15, -0.1) is 0 Å². The number of hydrogen-bond donors (Lipinski definition) is 2. The fourth-order valence-corrected chi connectivity index (χ4v) is 3.28. The lowest BCUT2D eigenvalue weighted by molar-refractivity contribution is -0.141. The van der Waals surface area contributed by atoms with E-state index in [1.807, 2.05) is 48.5 Å². The van der Waals surface area contributed by atoms with Gasteiger partial charge in [0.05, 0.1) is 13.1 Å². The van der Waals surface area contributed by atoms with Gasteiger partial charge in [0.1, 0.15) is 0 Å². The minimum atomic E-state index is -1.02. The molecule has 0 aromatic heterocycles. The van der Waals surface area contributed by atoms with Crippen molar-refractivity contribution >= 4 is 11.9 Å². The van der Waals surface area contributed by atoms with Crippen LogP contribution in [0.5, 0.6) is 0 Å². The molecular weight excluding hydrogens is 294 g/mol. The van der Waals surface area contributed by atoms with E-state index in [1.165, 1.54) is 4.90 Å². The SMILES string of the molecule is O=C(O)CN(CC(=O)O)CC1c2ccccc2-c2ccccc21. The first-order valence-electron chi connectivity index (χ1n) is 7.40. The molecule has 0 bridgehead atoms. The van der Waals surface area contributed by atoms with E-state index in [0.29, 0.717) is 6.54 Å². The third kappa shape index (κ3) is 3.10. The van der Waals surface area contributed by atoms with E-state index in [4.69, 9.17) is 10.2 Å². The van der Waals surface area contributed by atoms with Crippen molar-refractivity contribution in [2.24, 2.45) is 0 Å².